The lowest BCUT2D eigenvalue weighted by Gasteiger charge is -2.37. The average molecular weight is 401 g/mol. The second-order valence-electron chi connectivity index (χ2n) is 8.02. The van der Waals surface area contributed by atoms with Gasteiger partial charge >= 0.3 is 0 Å². The molecule has 1 aromatic rings. The third kappa shape index (κ3) is 2.11. The van der Waals surface area contributed by atoms with Gasteiger partial charge in [0.2, 0.25) is 11.8 Å². The van der Waals surface area contributed by atoms with Gasteiger partial charge in [0.25, 0.3) is 0 Å². The quantitative estimate of drug-likeness (QED) is 0.623. The fraction of sp³-hybridized carbons (Fsp3) is 0.500. The van der Waals surface area contributed by atoms with Crippen molar-refractivity contribution >= 4 is 33.4 Å². The van der Waals surface area contributed by atoms with Crippen molar-refractivity contribution in [3.05, 3.63) is 39.9 Å². The average Bonchev–Trinajstić information content (AvgIpc) is 3.37. The summed E-state index contributed by atoms with van der Waals surface area (Å²) in [5, 5.41) is 3.28. The molecule has 0 spiro atoms. The van der Waals surface area contributed by atoms with Crippen LogP contribution in [-0.4, -0.2) is 23.4 Å². The van der Waals surface area contributed by atoms with Crippen molar-refractivity contribution in [2.45, 2.75) is 20.3 Å². The summed E-state index contributed by atoms with van der Waals surface area (Å²) < 4.78 is 1.10. The maximum absolute atomic E-state index is 12.9. The number of rotatable bonds is 3. The summed E-state index contributed by atoms with van der Waals surface area (Å²) in [6.45, 7) is 4.34. The number of imide groups is 1. The Hall–Kier alpha value is -1.62. The van der Waals surface area contributed by atoms with Gasteiger partial charge in [-0.2, -0.15) is 0 Å². The molecule has 3 fully saturated rings. The Balaban J connectivity index is 1.36. The number of nitrogens with zero attached hydrogens (tertiary/aromatic N) is 1. The van der Waals surface area contributed by atoms with E-state index in [0.717, 1.165) is 21.3 Å². The number of nitrogens with one attached hydrogen (secondary N) is 1. The van der Waals surface area contributed by atoms with Crippen LogP contribution >= 0.6 is 15.9 Å². The van der Waals surface area contributed by atoms with Crippen LogP contribution in [0.15, 0.2) is 28.8 Å². The molecule has 130 valence electrons. The summed E-state index contributed by atoms with van der Waals surface area (Å²) in [7, 11) is 0. The lowest BCUT2D eigenvalue weighted by Crippen LogP contribution is -2.40. The first-order chi connectivity index (χ1) is 12.0. The number of amides is 2. The van der Waals surface area contributed by atoms with Crippen molar-refractivity contribution in [2.24, 2.45) is 35.5 Å². The van der Waals surface area contributed by atoms with E-state index in [4.69, 9.17) is 0 Å². The first-order valence-electron chi connectivity index (χ1n) is 9.01. The van der Waals surface area contributed by atoms with E-state index in [0.29, 0.717) is 23.7 Å². The van der Waals surface area contributed by atoms with Crippen LogP contribution in [0, 0.1) is 49.4 Å². The van der Waals surface area contributed by atoms with Gasteiger partial charge in [-0.25, -0.2) is 0 Å². The fourth-order valence-electron chi connectivity index (χ4n) is 5.39. The number of anilines is 1. The van der Waals surface area contributed by atoms with Crippen molar-refractivity contribution in [3.63, 3.8) is 0 Å². The molecule has 4 nitrogen and oxygen atoms in total. The Labute approximate surface area is 155 Å². The molecule has 2 saturated carbocycles. The second-order valence-corrected chi connectivity index (χ2v) is 8.81. The topological polar surface area (TPSA) is 49.4 Å². The first-order valence-corrected chi connectivity index (χ1v) is 9.81. The van der Waals surface area contributed by atoms with E-state index in [1.54, 1.807) is 0 Å². The van der Waals surface area contributed by atoms with Crippen LogP contribution in [0.3, 0.4) is 0 Å². The number of benzene rings is 1. The van der Waals surface area contributed by atoms with Gasteiger partial charge in [0.05, 0.1) is 18.5 Å². The third-order valence-corrected chi connectivity index (χ3v) is 7.88. The standard InChI is InChI=1S/C20H21BrN2O2/c1-9-5-11(6-10(2)18(9)21)22-8-23-19(24)16-12-3-4-13(15-7-14(12)15)17(16)20(23)25/h3-6,12-17,22H,7-8H2,1-2H3/t12-,13-,14-,15+,16+,17-/m1/s1. The van der Waals surface area contributed by atoms with Gasteiger partial charge in [-0.3, -0.25) is 14.5 Å². The highest BCUT2D eigenvalue weighted by molar-refractivity contribution is 9.10. The molecule has 25 heavy (non-hydrogen) atoms. The molecule has 1 saturated heterocycles. The Morgan fingerprint density at radius 3 is 2.08 bits per heavy atom. The molecular formula is C20H21BrN2O2. The number of hydrogen-bond acceptors (Lipinski definition) is 3. The van der Waals surface area contributed by atoms with Crippen molar-refractivity contribution in [1.29, 1.82) is 0 Å². The van der Waals surface area contributed by atoms with Gasteiger partial charge < -0.3 is 5.32 Å². The highest BCUT2D eigenvalue weighted by Gasteiger charge is 2.66. The van der Waals surface area contributed by atoms with E-state index in [9.17, 15) is 9.59 Å². The number of carbonyl (C=O) groups excluding carboxylic acids is 2. The zero-order valence-corrected chi connectivity index (χ0v) is 15.9. The van der Waals surface area contributed by atoms with Gasteiger partial charge in [0.1, 0.15) is 0 Å². The predicted octanol–water partition coefficient (Wildman–Crippen LogP) is 3.49. The third-order valence-electron chi connectivity index (χ3n) is 6.63. The van der Waals surface area contributed by atoms with Crippen molar-refractivity contribution in [2.75, 3.05) is 12.0 Å². The van der Waals surface area contributed by atoms with E-state index in [2.05, 4.69) is 33.4 Å². The van der Waals surface area contributed by atoms with Gasteiger partial charge in [0.15, 0.2) is 0 Å². The van der Waals surface area contributed by atoms with Crippen molar-refractivity contribution in [3.8, 4) is 0 Å². The molecule has 6 atom stereocenters. The zero-order valence-electron chi connectivity index (χ0n) is 14.3. The van der Waals surface area contributed by atoms with Gasteiger partial charge in [-0.1, -0.05) is 28.1 Å². The highest BCUT2D eigenvalue weighted by atomic mass is 79.9. The molecule has 0 radical (unpaired) electrons. The maximum atomic E-state index is 12.9. The predicted molar refractivity (Wildman–Crippen MR) is 98.7 cm³/mol. The molecular weight excluding hydrogens is 380 g/mol. The molecule has 0 aromatic heterocycles. The maximum Gasteiger partial charge on any atom is 0.235 e. The molecule has 2 bridgehead atoms. The largest absolute Gasteiger partial charge is 0.367 e. The normalized spacial score (nSPS) is 37.3. The molecule has 4 aliphatic carbocycles. The summed E-state index contributed by atoms with van der Waals surface area (Å²) in [4.78, 5) is 27.3. The Kier molecular flexibility index (Phi) is 3.25. The van der Waals surface area contributed by atoms with Crippen LogP contribution in [0.4, 0.5) is 5.69 Å². The van der Waals surface area contributed by atoms with Gasteiger partial charge in [-0.15, -0.1) is 0 Å². The van der Waals surface area contributed by atoms with Crippen LogP contribution in [-0.2, 0) is 9.59 Å². The highest BCUT2D eigenvalue weighted by Crippen LogP contribution is 2.65. The van der Waals surface area contributed by atoms with E-state index < -0.39 is 0 Å². The van der Waals surface area contributed by atoms with Crippen LogP contribution in [0.1, 0.15) is 17.5 Å². The number of aryl methyl sites for hydroxylation is 2. The summed E-state index contributed by atoms with van der Waals surface area (Å²) in [6, 6.07) is 4.07. The van der Waals surface area contributed by atoms with E-state index in [-0.39, 0.29) is 30.3 Å². The number of likely N-dealkylation sites (tertiary alicyclic amines) is 1. The van der Waals surface area contributed by atoms with Crippen molar-refractivity contribution in [1.82, 2.24) is 4.90 Å². The van der Waals surface area contributed by atoms with Gasteiger partial charge in [-0.05, 0) is 67.2 Å². The molecule has 5 aliphatic rings. The smallest absolute Gasteiger partial charge is 0.235 e. The van der Waals surface area contributed by atoms with Crippen LogP contribution in [0.25, 0.3) is 0 Å². The van der Waals surface area contributed by atoms with E-state index >= 15 is 0 Å². The summed E-state index contributed by atoms with van der Waals surface area (Å²) >= 11 is 3.57. The summed E-state index contributed by atoms with van der Waals surface area (Å²) in [5.41, 5.74) is 3.22. The molecule has 1 N–H and O–H groups in total. The fourth-order valence-corrected chi connectivity index (χ4v) is 5.62. The number of carbonyl (C=O) groups is 2. The monoisotopic (exact) mass is 400 g/mol. The number of hydrogen-bond donors (Lipinski definition) is 1. The molecule has 1 heterocycles. The Bertz CT molecular complexity index is 774. The number of allylic oxidation sites excluding steroid dienone is 2. The first kappa shape index (κ1) is 15.6. The van der Waals surface area contributed by atoms with Crippen LogP contribution < -0.4 is 5.32 Å². The molecule has 6 rings (SSSR count). The molecule has 1 aliphatic heterocycles. The number of halogens is 1. The Morgan fingerprint density at radius 2 is 1.56 bits per heavy atom. The molecule has 0 unspecified atom stereocenters. The van der Waals surface area contributed by atoms with Crippen LogP contribution in [0.2, 0.25) is 0 Å². The second kappa shape index (κ2) is 5.19. The molecule has 5 heteroatoms. The molecule has 2 amide bonds. The van der Waals surface area contributed by atoms with E-state index in [1.807, 2.05) is 26.0 Å². The Morgan fingerprint density at radius 1 is 1.04 bits per heavy atom. The minimum Gasteiger partial charge on any atom is -0.367 e. The lowest BCUT2D eigenvalue weighted by molar-refractivity contribution is -0.139. The SMILES string of the molecule is Cc1cc(NCN2C(=O)[C@@H]3[C@@H]4C=C[C@H]([C@H]5C[C@@H]45)[C@@H]3C2=O)cc(C)c1Br. The summed E-state index contributed by atoms with van der Waals surface area (Å²) in [5.74, 6) is 1.71. The van der Waals surface area contributed by atoms with Crippen LogP contribution in [0.5, 0.6) is 0 Å². The van der Waals surface area contributed by atoms with Crippen molar-refractivity contribution < 1.29 is 9.59 Å². The minimum atomic E-state index is -0.110. The lowest BCUT2D eigenvalue weighted by atomic mass is 9.63. The minimum absolute atomic E-state index is 0.0257. The summed E-state index contributed by atoms with van der Waals surface area (Å²) in [6.07, 6.45) is 5.62. The van der Waals surface area contributed by atoms with E-state index in [1.165, 1.54) is 11.3 Å². The van der Waals surface area contributed by atoms with Gasteiger partial charge in [0, 0.05) is 10.2 Å². The molecule has 1 aromatic carbocycles. The zero-order chi connectivity index (χ0) is 17.5.